The molecule has 0 aliphatic heterocycles. The highest BCUT2D eigenvalue weighted by Crippen LogP contribution is 2.46. The Bertz CT molecular complexity index is 387. The van der Waals surface area contributed by atoms with Gasteiger partial charge in [-0.15, -0.1) is 0 Å². The van der Waals surface area contributed by atoms with E-state index in [1.807, 2.05) is 12.1 Å². The van der Waals surface area contributed by atoms with E-state index in [0.29, 0.717) is 6.04 Å². The van der Waals surface area contributed by atoms with Crippen molar-refractivity contribution in [3.05, 3.63) is 27.7 Å². The Hall–Kier alpha value is -0.210. The second-order valence-electron chi connectivity index (χ2n) is 4.97. The van der Waals surface area contributed by atoms with Crippen LogP contribution < -0.4 is 5.32 Å². The third-order valence-corrected chi connectivity index (χ3v) is 4.33. The van der Waals surface area contributed by atoms with E-state index >= 15 is 0 Å². The molecule has 0 atom stereocenters. The Morgan fingerprint density at radius 2 is 1.81 bits per heavy atom. The van der Waals surface area contributed by atoms with Crippen LogP contribution in [0.3, 0.4) is 0 Å². The van der Waals surface area contributed by atoms with E-state index in [0.717, 1.165) is 27.0 Å². The molecule has 0 heterocycles. The molecule has 0 spiro atoms. The minimum absolute atomic E-state index is 0.659. The fourth-order valence-corrected chi connectivity index (χ4v) is 2.85. The maximum absolute atomic E-state index is 6.21. The normalized spacial score (nSPS) is 20.2. The summed E-state index contributed by atoms with van der Waals surface area (Å²) in [6.07, 6.45) is 5.55. The van der Waals surface area contributed by atoms with Gasteiger partial charge < -0.3 is 5.32 Å². The van der Waals surface area contributed by atoms with Gasteiger partial charge in [0.1, 0.15) is 0 Å². The molecule has 1 nitrogen and oxygen atoms in total. The van der Waals surface area contributed by atoms with Gasteiger partial charge >= 0.3 is 0 Å². The van der Waals surface area contributed by atoms with Crippen molar-refractivity contribution >= 4 is 33.2 Å². The number of hydrogen-bond donors (Lipinski definition) is 1. The topological polar surface area (TPSA) is 12.0 Å². The summed E-state index contributed by atoms with van der Waals surface area (Å²) in [6, 6.07) is 6.67. The number of anilines is 1. The van der Waals surface area contributed by atoms with Crippen LogP contribution in [0.5, 0.6) is 0 Å². The Morgan fingerprint density at radius 1 is 1.19 bits per heavy atom. The number of hydrogen-bond acceptors (Lipinski definition) is 1. The fourth-order valence-electron chi connectivity index (χ4n) is 2.32. The Morgan fingerprint density at radius 3 is 2.38 bits per heavy atom. The van der Waals surface area contributed by atoms with Crippen molar-refractivity contribution < 1.29 is 0 Å². The molecule has 0 amide bonds. The van der Waals surface area contributed by atoms with Crippen LogP contribution >= 0.6 is 27.5 Å². The van der Waals surface area contributed by atoms with Gasteiger partial charge in [-0.3, -0.25) is 0 Å². The van der Waals surface area contributed by atoms with Crippen LogP contribution in [0.25, 0.3) is 0 Å². The van der Waals surface area contributed by atoms with Gasteiger partial charge in [-0.05, 0) is 55.7 Å². The highest BCUT2D eigenvalue weighted by atomic mass is 79.9. The van der Waals surface area contributed by atoms with Crippen LogP contribution in [0.1, 0.15) is 25.7 Å². The molecule has 1 aromatic carbocycles. The van der Waals surface area contributed by atoms with Crippen LogP contribution in [-0.4, -0.2) is 6.04 Å². The number of nitrogens with one attached hydrogen (secondary N) is 1. The molecule has 2 fully saturated rings. The standard InChI is InChI=1S/C13H15BrClN/c14-10-5-6-11(15)12(7-10)16-13(8-1-2-8)9-3-4-9/h5-9,13,16H,1-4H2. The smallest absolute Gasteiger partial charge is 0.0638 e. The van der Waals surface area contributed by atoms with E-state index < -0.39 is 0 Å². The number of rotatable bonds is 4. The predicted molar refractivity (Wildman–Crippen MR) is 72.0 cm³/mol. The number of halogens is 2. The van der Waals surface area contributed by atoms with Crippen molar-refractivity contribution in [1.82, 2.24) is 0 Å². The van der Waals surface area contributed by atoms with E-state index in [2.05, 4.69) is 27.3 Å². The maximum Gasteiger partial charge on any atom is 0.0638 e. The fraction of sp³-hybridized carbons (Fsp3) is 0.538. The van der Waals surface area contributed by atoms with Crippen LogP contribution in [-0.2, 0) is 0 Å². The third kappa shape index (κ3) is 2.38. The molecule has 3 rings (SSSR count). The summed E-state index contributed by atoms with van der Waals surface area (Å²) in [6.45, 7) is 0. The zero-order chi connectivity index (χ0) is 11.1. The lowest BCUT2D eigenvalue weighted by Crippen LogP contribution is -2.24. The van der Waals surface area contributed by atoms with Gasteiger partial charge in [0.05, 0.1) is 10.7 Å². The molecule has 3 heteroatoms. The first-order valence-electron chi connectivity index (χ1n) is 5.95. The van der Waals surface area contributed by atoms with Crippen molar-refractivity contribution in [3.63, 3.8) is 0 Å². The Labute approximate surface area is 110 Å². The van der Waals surface area contributed by atoms with Crippen molar-refractivity contribution in [2.75, 3.05) is 5.32 Å². The first-order chi connectivity index (χ1) is 7.74. The summed E-state index contributed by atoms with van der Waals surface area (Å²) >= 11 is 9.70. The van der Waals surface area contributed by atoms with Crippen LogP contribution in [0.4, 0.5) is 5.69 Å². The van der Waals surface area contributed by atoms with Gasteiger partial charge in [-0.25, -0.2) is 0 Å². The van der Waals surface area contributed by atoms with E-state index in [-0.39, 0.29) is 0 Å². The summed E-state index contributed by atoms with van der Waals surface area (Å²) in [4.78, 5) is 0. The number of benzene rings is 1. The second-order valence-corrected chi connectivity index (χ2v) is 6.29. The van der Waals surface area contributed by atoms with Gasteiger partial charge in [-0.2, -0.15) is 0 Å². The molecular formula is C13H15BrClN. The second kappa shape index (κ2) is 4.23. The maximum atomic E-state index is 6.21. The molecule has 0 radical (unpaired) electrons. The van der Waals surface area contributed by atoms with Crippen molar-refractivity contribution in [2.24, 2.45) is 11.8 Å². The molecule has 2 saturated carbocycles. The monoisotopic (exact) mass is 299 g/mol. The zero-order valence-corrected chi connectivity index (χ0v) is 11.4. The van der Waals surface area contributed by atoms with Gasteiger partial charge in [0.25, 0.3) is 0 Å². The lowest BCUT2D eigenvalue weighted by molar-refractivity contribution is 0.568. The minimum Gasteiger partial charge on any atom is -0.381 e. The van der Waals surface area contributed by atoms with E-state index in [1.165, 1.54) is 25.7 Å². The Balaban J connectivity index is 1.78. The Kier molecular flexibility index (Phi) is 2.88. The highest BCUT2D eigenvalue weighted by Gasteiger charge is 2.41. The average molecular weight is 301 g/mol. The average Bonchev–Trinajstić information content (AvgIpc) is 3.13. The lowest BCUT2D eigenvalue weighted by atomic mass is 10.1. The lowest BCUT2D eigenvalue weighted by Gasteiger charge is -2.20. The first-order valence-corrected chi connectivity index (χ1v) is 7.13. The van der Waals surface area contributed by atoms with Crippen LogP contribution in [0, 0.1) is 11.8 Å². The van der Waals surface area contributed by atoms with Gasteiger partial charge in [0.15, 0.2) is 0 Å². The molecule has 2 aliphatic carbocycles. The largest absolute Gasteiger partial charge is 0.381 e. The van der Waals surface area contributed by atoms with E-state index in [9.17, 15) is 0 Å². The molecule has 0 aromatic heterocycles. The quantitative estimate of drug-likeness (QED) is 0.849. The first kappa shape index (κ1) is 10.9. The third-order valence-electron chi connectivity index (χ3n) is 3.51. The van der Waals surface area contributed by atoms with Gasteiger partial charge in [0.2, 0.25) is 0 Å². The molecule has 16 heavy (non-hydrogen) atoms. The molecule has 86 valence electrons. The summed E-state index contributed by atoms with van der Waals surface area (Å²) in [5.41, 5.74) is 1.08. The van der Waals surface area contributed by atoms with Crippen molar-refractivity contribution in [2.45, 2.75) is 31.7 Å². The summed E-state index contributed by atoms with van der Waals surface area (Å²) in [7, 11) is 0. The molecule has 1 N–H and O–H groups in total. The van der Waals surface area contributed by atoms with E-state index in [4.69, 9.17) is 11.6 Å². The van der Waals surface area contributed by atoms with Gasteiger partial charge in [-0.1, -0.05) is 27.5 Å². The zero-order valence-electron chi connectivity index (χ0n) is 9.05. The molecule has 0 saturated heterocycles. The van der Waals surface area contributed by atoms with Crippen LogP contribution in [0.15, 0.2) is 22.7 Å². The minimum atomic E-state index is 0.659. The van der Waals surface area contributed by atoms with Crippen molar-refractivity contribution in [1.29, 1.82) is 0 Å². The van der Waals surface area contributed by atoms with Gasteiger partial charge in [0, 0.05) is 10.5 Å². The molecular weight excluding hydrogens is 286 g/mol. The summed E-state index contributed by atoms with van der Waals surface area (Å²) < 4.78 is 1.09. The van der Waals surface area contributed by atoms with Crippen molar-refractivity contribution in [3.8, 4) is 0 Å². The van der Waals surface area contributed by atoms with E-state index in [1.54, 1.807) is 0 Å². The molecule has 0 unspecified atom stereocenters. The molecule has 0 bridgehead atoms. The van der Waals surface area contributed by atoms with Crippen LogP contribution in [0.2, 0.25) is 5.02 Å². The molecule has 1 aromatic rings. The summed E-state index contributed by atoms with van der Waals surface area (Å²) in [5.74, 6) is 1.78. The summed E-state index contributed by atoms with van der Waals surface area (Å²) in [5, 5.41) is 4.48. The predicted octanol–water partition coefficient (Wildman–Crippen LogP) is 4.70. The molecule has 2 aliphatic rings. The SMILES string of the molecule is Clc1ccc(Br)cc1NC(C1CC1)C1CC1. The highest BCUT2D eigenvalue weighted by molar-refractivity contribution is 9.10.